The summed E-state index contributed by atoms with van der Waals surface area (Å²) in [5, 5.41) is 32.2. The smallest absolute Gasteiger partial charge is 0.336 e. The van der Waals surface area contributed by atoms with E-state index in [0.717, 1.165) is 12.2 Å². The third-order valence-corrected chi connectivity index (χ3v) is 8.21. The van der Waals surface area contributed by atoms with Gasteiger partial charge in [-0.25, -0.2) is 13.6 Å². The summed E-state index contributed by atoms with van der Waals surface area (Å²) in [6, 6.07) is 0. The molecule has 0 amide bonds. The minimum absolute atomic E-state index is 0.0831. The number of aliphatic hydroxyl groups is 2. The third-order valence-electron chi connectivity index (χ3n) is 8.21. The lowest BCUT2D eigenvalue weighted by Crippen LogP contribution is -2.70. The summed E-state index contributed by atoms with van der Waals surface area (Å²) in [4.78, 5) is 24.0. The standard InChI is InChI=1S/C21H26F2O5/c1-10-6-12-13-8-15(22)14-7-11(24)4-5-18(14,2)20(13,23)16(25)9-19(12,3)21(10,28)17(26)27/h4-5,7,10,12-13,15-16,25,28H,6,8-9H2,1-3H3,(H,26,27)/t10-,12-,13-,15-,16-,18-,19-,20-,21-/m0/s1/i1D3. The first-order chi connectivity index (χ1) is 14.0. The van der Waals surface area contributed by atoms with Crippen molar-refractivity contribution in [1.82, 2.24) is 0 Å². The van der Waals surface area contributed by atoms with Crippen LogP contribution in [0.1, 0.15) is 44.1 Å². The second-order valence-corrected chi connectivity index (χ2v) is 9.22. The van der Waals surface area contributed by atoms with E-state index in [0.29, 0.717) is 0 Å². The molecule has 7 heteroatoms. The maximum Gasteiger partial charge on any atom is 0.336 e. The van der Waals surface area contributed by atoms with Crippen LogP contribution in [0.15, 0.2) is 23.8 Å². The number of hydrogen-bond donors (Lipinski definition) is 3. The number of carboxylic acid groups (broad SMARTS) is 1. The molecular formula is C21H26F2O5. The van der Waals surface area contributed by atoms with Gasteiger partial charge >= 0.3 is 5.97 Å². The number of carboxylic acids is 1. The van der Waals surface area contributed by atoms with E-state index in [2.05, 4.69) is 0 Å². The molecule has 3 fully saturated rings. The lowest BCUT2D eigenvalue weighted by Gasteiger charge is -2.62. The first kappa shape index (κ1) is 16.2. The molecule has 4 aliphatic rings. The van der Waals surface area contributed by atoms with Crippen LogP contribution in [0.3, 0.4) is 0 Å². The zero-order valence-corrected chi connectivity index (χ0v) is 15.7. The topological polar surface area (TPSA) is 94.8 Å². The van der Waals surface area contributed by atoms with Gasteiger partial charge in [-0.2, -0.15) is 0 Å². The quantitative estimate of drug-likeness (QED) is 0.629. The summed E-state index contributed by atoms with van der Waals surface area (Å²) < 4.78 is 55.6. The SMILES string of the molecule is [2H]C([2H])([2H])[C@H]1C[C@H]2[C@@H]3C[C@H](F)C4=CC(=O)C=C[C@]4(C)[C@@]3(F)[C@@H](O)C[C@]2(C)[C@@]1(O)C(=O)O. The van der Waals surface area contributed by atoms with Crippen LogP contribution in [0, 0.1) is 28.6 Å². The summed E-state index contributed by atoms with van der Waals surface area (Å²) >= 11 is 0. The number of carbonyl (C=O) groups excluding carboxylic acids is 1. The maximum absolute atomic E-state index is 16.9. The van der Waals surface area contributed by atoms with E-state index in [1.54, 1.807) is 0 Å². The van der Waals surface area contributed by atoms with Gasteiger partial charge in [0, 0.05) is 20.9 Å². The lowest BCUT2D eigenvalue weighted by molar-refractivity contribution is -0.229. The van der Waals surface area contributed by atoms with Crippen molar-refractivity contribution in [2.24, 2.45) is 28.6 Å². The normalized spacial score (nSPS) is 57.2. The van der Waals surface area contributed by atoms with Crippen molar-refractivity contribution in [3.05, 3.63) is 23.8 Å². The van der Waals surface area contributed by atoms with E-state index in [1.165, 1.54) is 19.9 Å². The number of aliphatic hydroxyl groups excluding tert-OH is 1. The number of carbonyl (C=O) groups is 2. The highest BCUT2D eigenvalue weighted by Crippen LogP contribution is 2.70. The van der Waals surface area contributed by atoms with Crippen molar-refractivity contribution in [3.63, 3.8) is 0 Å². The number of hydrogen-bond acceptors (Lipinski definition) is 4. The van der Waals surface area contributed by atoms with Crippen LogP contribution in [0.4, 0.5) is 8.78 Å². The molecule has 5 nitrogen and oxygen atoms in total. The van der Waals surface area contributed by atoms with E-state index in [-0.39, 0.29) is 12.0 Å². The van der Waals surface area contributed by atoms with Crippen LogP contribution in [-0.2, 0) is 9.59 Å². The number of ketones is 1. The van der Waals surface area contributed by atoms with Gasteiger partial charge in [0.15, 0.2) is 17.1 Å². The van der Waals surface area contributed by atoms with Gasteiger partial charge in [0.1, 0.15) is 6.17 Å². The Labute approximate surface area is 166 Å². The van der Waals surface area contributed by atoms with E-state index >= 15 is 8.78 Å². The van der Waals surface area contributed by atoms with Crippen LogP contribution in [-0.4, -0.2) is 50.6 Å². The number of halogens is 2. The molecule has 28 heavy (non-hydrogen) atoms. The fourth-order valence-corrected chi connectivity index (χ4v) is 6.64. The molecule has 0 aromatic carbocycles. The summed E-state index contributed by atoms with van der Waals surface area (Å²) in [6.07, 6.45) is -1.44. The Hall–Kier alpha value is -1.60. The number of allylic oxidation sites excluding steroid dienone is 4. The zero-order chi connectivity index (χ0) is 23.4. The van der Waals surface area contributed by atoms with Gasteiger partial charge in [-0.05, 0) is 55.7 Å². The van der Waals surface area contributed by atoms with Gasteiger partial charge in [-0.3, -0.25) is 4.79 Å². The lowest BCUT2D eigenvalue weighted by atomic mass is 9.44. The van der Waals surface area contributed by atoms with Gasteiger partial charge in [-0.15, -0.1) is 0 Å². The maximum atomic E-state index is 16.9. The number of fused-ring (bicyclic) bond motifs is 5. The molecule has 0 aliphatic heterocycles. The molecule has 0 bridgehead atoms. The number of rotatable bonds is 1. The molecule has 3 saturated carbocycles. The van der Waals surface area contributed by atoms with Crippen molar-refractivity contribution in [3.8, 4) is 0 Å². The van der Waals surface area contributed by atoms with Gasteiger partial charge in [0.2, 0.25) is 0 Å². The Balaban J connectivity index is 1.91. The van der Waals surface area contributed by atoms with Crippen LogP contribution in [0.5, 0.6) is 0 Å². The number of alkyl halides is 2. The minimum Gasteiger partial charge on any atom is -0.479 e. The Morgan fingerprint density at radius 3 is 2.61 bits per heavy atom. The van der Waals surface area contributed by atoms with E-state index < -0.39 is 83.6 Å². The van der Waals surface area contributed by atoms with Gasteiger partial charge < -0.3 is 15.3 Å². The van der Waals surface area contributed by atoms with Crippen molar-refractivity contribution in [1.29, 1.82) is 0 Å². The molecule has 4 rings (SSSR count). The average Bonchev–Trinajstić information content (AvgIpc) is 2.88. The van der Waals surface area contributed by atoms with Gasteiger partial charge in [-0.1, -0.05) is 19.9 Å². The van der Waals surface area contributed by atoms with E-state index in [9.17, 15) is 24.9 Å². The van der Waals surface area contributed by atoms with E-state index in [1.807, 2.05) is 0 Å². The Morgan fingerprint density at radius 2 is 2.00 bits per heavy atom. The molecule has 3 N–H and O–H groups in total. The summed E-state index contributed by atoms with van der Waals surface area (Å²) in [5.74, 6) is -6.20. The first-order valence-corrected chi connectivity index (χ1v) is 9.47. The second kappa shape index (κ2) is 5.51. The number of aliphatic carboxylic acids is 1. The Kier molecular flexibility index (Phi) is 3.19. The molecular weight excluding hydrogens is 370 g/mol. The molecule has 0 radical (unpaired) electrons. The molecule has 0 saturated heterocycles. The fourth-order valence-electron chi connectivity index (χ4n) is 6.64. The van der Waals surface area contributed by atoms with E-state index in [4.69, 9.17) is 4.11 Å². The zero-order valence-electron chi connectivity index (χ0n) is 18.7. The molecule has 4 aliphatic carbocycles. The highest BCUT2D eigenvalue weighted by molar-refractivity contribution is 6.01. The first-order valence-electron chi connectivity index (χ1n) is 11.0. The molecule has 0 unspecified atom stereocenters. The average molecular weight is 399 g/mol. The van der Waals surface area contributed by atoms with Crippen LogP contribution >= 0.6 is 0 Å². The predicted molar refractivity (Wildman–Crippen MR) is 95.8 cm³/mol. The van der Waals surface area contributed by atoms with Crippen LogP contribution in [0.25, 0.3) is 0 Å². The summed E-state index contributed by atoms with van der Waals surface area (Å²) in [7, 11) is 0. The third kappa shape index (κ3) is 1.92. The van der Waals surface area contributed by atoms with Crippen LogP contribution in [0.2, 0.25) is 0 Å². The molecule has 154 valence electrons. The molecule has 0 spiro atoms. The molecule has 9 atom stereocenters. The highest BCUT2D eigenvalue weighted by atomic mass is 19.1. The molecule has 0 heterocycles. The predicted octanol–water partition coefficient (Wildman–Crippen LogP) is 2.37. The highest BCUT2D eigenvalue weighted by Gasteiger charge is 2.76. The van der Waals surface area contributed by atoms with Crippen molar-refractivity contribution in [2.45, 2.75) is 63.5 Å². The fraction of sp³-hybridized carbons (Fsp3) is 0.714. The largest absolute Gasteiger partial charge is 0.479 e. The van der Waals surface area contributed by atoms with Crippen molar-refractivity contribution in [2.75, 3.05) is 0 Å². The minimum atomic E-state index is -2.85. The second-order valence-electron chi connectivity index (χ2n) is 9.22. The Bertz CT molecular complexity index is 919. The molecule has 0 aromatic heterocycles. The Morgan fingerprint density at radius 1 is 1.32 bits per heavy atom. The van der Waals surface area contributed by atoms with Gasteiger partial charge in [0.25, 0.3) is 0 Å². The summed E-state index contributed by atoms with van der Waals surface area (Å²) in [6.45, 7) is -0.110. The molecule has 0 aromatic rings. The van der Waals surface area contributed by atoms with Crippen LogP contribution < -0.4 is 0 Å². The van der Waals surface area contributed by atoms with Crippen molar-refractivity contribution < 1.29 is 37.8 Å². The van der Waals surface area contributed by atoms with Gasteiger partial charge in [0.05, 0.1) is 6.10 Å². The monoisotopic (exact) mass is 399 g/mol. The van der Waals surface area contributed by atoms with Crippen molar-refractivity contribution >= 4 is 11.8 Å². The summed E-state index contributed by atoms with van der Waals surface area (Å²) in [5.41, 5.74) is -8.65.